The first-order valence-corrected chi connectivity index (χ1v) is 5.37. The highest BCUT2D eigenvalue weighted by atomic mass is 79.9. The van der Waals surface area contributed by atoms with Crippen LogP contribution in [0.15, 0.2) is 41.4 Å². The Morgan fingerprint density at radius 1 is 1.44 bits per heavy atom. The lowest BCUT2D eigenvalue weighted by Gasteiger charge is -2.06. The van der Waals surface area contributed by atoms with Crippen molar-refractivity contribution >= 4 is 15.9 Å². The summed E-state index contributed by atoms with van der Waals surface area (Å²) in [7, 11) is 1.66. The van der Waals surface area contributed by atoms with Gasteiger partial charge in [0.15, 0.2) is 0 Å². The Hall–Kier alpha value is -1.00. The maximum Gasteiger partial charge on any atom is 0.133 e. The average molecular weight is 303 g/mol. The highest BCUT2D eigenvalue weighted by molar-refractivity contribution is 9.10. The number of nitrogens with zero attached hydrogens (tertiary/aromatic N) is 2. The SMILES string of the molecule is COc1ccc(Cn2ccnc2)cc1Br.[Cl-]. The van der Waals surface area contributed by atoms with Crippen molar-refractivity contribution in [3.63, 3.8) is 0 Å². The molecule has 0 amide bonds. The van der Waals surface area contributed by atoms with Crippen molar-refractivity contribution in [2.24, 2.45) is 0 Å². The Bertz CT molecular complexity index is 445. The monoisotopic (exact) mass is 301 g/mol. The van der Waals surface area contributed by atoms with Crippen LogP contribution in [-0.4, -0.2) is 16.7 Å². The van der Waals surface area contributed by atoms with E-state index in [0.717, 1.165) is 16.8 Å². The van der Waals surface area contributed by atoms with E-state index < -0.39 is 0 Å². The van der Waals surface area contributed by atoms with Gasteiger partial charge in [0.25, 0.3) is 0 Å². The molecule has 1 heterocycles. The zero-order valence-corrected chi connectivity index (χ0v) is 11.1. The minimum absolute atomic E-state index is 0. The number of imidazole rings is 1. The van der Waals surface area contributed by atoms with Gasteiger partial charge in [0, 0.05) is 18.9 Å². The molecule has 0 aliphatic carbocycles. The molecule has 0 N–H and O–H groups in total. The van der Waals surface area contributed by atoms with E-state index in [9.17, 15) is 0 Å². The molecule has 16 heavy (non-hydrogen) atoms. The fourth-order valence-electron chi connectivity index (χ4n) is 1.40. The minimum Gasteiger partial charge on any atom is -1.00 e. The van der Waals surface area contributed by atoms with E-state index in [1.807, 2.05) is 22.9 Å². The molecule has 86 valence electrons. The van der Waals surface area contributed by atoms with Crippen molar-refractivity contribution < 1.29 is 17.1 Å². The summed E-state index contributed by atoms with van der Waals surface area (Å²) in [5.41, 5.74) is 1.21. The summed E-state index contributed by atoms with van der Waals surface area (Å²) < 4.78 is 8.17. The molecule has 2 rings (SSSR count). The summed E-state index contributed by atoms with van der Waals surface area (Å²) in [4.78, 5) is 4.00. The van der Waals surface area contributed by atoms with Crippen molar-refractivity contribution in [3.05, 3.63) is 47.0 Å². The lowest BCUT2D eigenvalue weighted by atomic mass is 10.2. The van der Waals surface area contributed by atoms with Crippen LogP contribution in [0.25, 0.3) is 0 Å². The van der Waals surface area contributed by atoms with Crippen LogP contribution < -0.4 is 17.1 Å². The largest absolute Gasteiger partial charge is 1.00 e. The van der Waals surface area contributed by atoms with Crippen LogP contribution in [0.1, 0.15) is 5.56 Å². The molecule has 0 radical (unpaired) electrons. The fourth-order valence-corrected chi connectivity index (χ4v) is 1.99. The van der Waals surface area contributed by atoms with Gasteiger partial charge in [-0.05, 0) is 33.6 Å². The van der Waals surface area contributed by atoms with Crippen LogP contribution >= 0.6 is 15.9 Å². The second kappa shape index (κ2) is 5.92. The third-order valence-corrected chi connectivity index (χ3v) is 2.76. The highest BCUT2D eigenvalue weighted by Gasteiger charge is 2.01. The Balaban J connectivity index is 0.00000128. The number of hydrogen-bond acceptors (Lipinski definition) is 2. The molecule has 3 nitrogen and oxygen atoms in total. The van der Waals surface area contributed by atoms with Crippen LogP contribution in [0.5, 0.6) is 5.75 Å². The normalized spacial score (nSPS) is 9.62. The molecule has 0 aliphatic rings. The van der Waals surface area contributed by atoms with Crippen LogP contribution in [0.3, 0.4) is 0 Å². The minimum atomic E-state index is 0. The quantitative estimate of drug-likeness (QED) is 0.779. The molecule has 0 fully saturated rings. The Kier molecular flexibility index (Phi) is 4.83. The Labute approximate surface area is 109 Å². The number of hydrogen-bond donors (Lipinski definition) is 0. The van der Waals surface area contributed by atoms with Crippen molar-refractivity contribution in [3.8, 4) is 5.75 Å². The first-order chi connectivity index (χ1) is 7.29. The Morgan fingerprint density at radius 2 is 2.25 bits per heavy atom. The van der Waals surface area contributed by atoms with Crippen LogP contribution in [-0.2, 0) is 6.54 Å². The van der Waals surface area contributed by atoms with Gasteiger partial charge in [0.2, 0.25) is 0 Å². The zero-order valence-electron chi connectivity index (χ0n) is 8.73. The van der Waals surface area contributed by atoms with Gasteiger partial charge in [0.05, 0.1) is 17.9 Å². The standard InChI is InChI=1S/C11H11BrN2O.ClH/c1-15-11-3-2-9(6-10(11)12)7-14-5-4-13-8-14;/h2-6,8H,7H2,1H3;1H/p-1. The second-order valence-corrected chi connectivity index (χ2v) is 4.06. The molecule has 0 aliphatic heterocycles. The smallest absolute Gasteiger partial charge is 0.133 e. The predicted octanol–water partition coefficient (Wildman–Crippen LogP) is -0.294. The predicted molar refractivity (Wildman–Crippen MR) is 62.0 cm³/mol. The summed E-state index contributed by atoms with van der Waals surface area (Å²) in [5, 5.41) is 0. The number of benzene rings is 1. The van der Waals surface area contributed by atoms with E-state index in [4.69, 9.17) is 4.74 Å². The zero-order chi connectivity index (χ0) is 10.7. The first kappa shape index (κ1) is 13.1. The first-order valence-electron chi connectivity index (χ1n) is 4.58. The van der Waals surface area contributed by atoms with Gasteiger partial charge in [-0.15, -0.1) is 0 Å². The molecule has 0 saturated heterocycles. The molecule has 5 heteroatoms. The second-order valence-electron chi connectivity index (χ2n) is 3.20. The topological polar surface area (TPSA) is 27.1 Å². The molecule has 2 aromatic rings. The molecular formula is C11H11BrClN2O-. The number of rotatable bonds is 3. The van der Waals surface area contributed by atoms with E-state index in [1.165, 1.54) is 5.56 Å². The summed E-state index contributed by atoms with van der Waals surface area (Å²) >= 11 is 3.46. The van der Waals surface area contributed by atoms with E-state index in [0.29, 0.717) is 0 Å². The van der Waals surface area contributed by atoms with Gasteiger partial charge in [0.1, 0.15) is 5.75 Å². The lowest BCUT2D eigenvalue weighted by Crippen LogP contribution is -3.00. The summed E-state index contributed by atoms with van der Waals surface area (Å²) in [6.07, 6.45) is 5.52. The van der Waals surface area contributed by atoms with E-state index in [1.54, 1.807) is 19.6 Å². The third kappa shape index (κ3) is 3.00. The van der Waals surface area contributed by atoms with Crippen LogP contribution in [0.4, 0.5) is 0 Å². The molecule has 0 spiro atoms. The van der Waals surface area contributed by atoms with Gasteiger partial charge in [-0.2, -0.15) is 0 Å². The third-order valence-electron chi connectivity index (χ3n) is 2.14. The van der Waals surface area contributed by atoms with E-state index >= 15 is 0 Å². The molecular weight excluding hydrogens is 291 g/mol. The maximum absolute atomic E-state index is 5.17. The van der Waals surface area contributed by atoms with E-state index in [2.05, 4.69) is 27.0 Å². The fraction of sp³-hybridized carbons (Fsp3) is 0.182. The van der Waals surface area contributed by atoms with Gasteiger partial charge >= 0.3 is 0 Å². The van der Waals surface area contributed by atoms with Gasteiger partial charge in [-0.1, -0.05) is 6.07 Å². The summed E-state index contributed by atoms with van der Waals surface area (Å²) in [6, 6.07) is 6.05. The van der Waals surface area contributed by atoms with Gasteiger partial charge in [-0.3, -0.25) is 0 Å². The summed E-state index contributed by atoms with van der Waals surface area (Å²) in [6.45, 7) is 0.822. The lowest BCUT2D eigenvalue weighted by molar-refractivity contribution is -0.00000331. The number of methoxy groups -OCH3 is 1. The van der Waals surface area contributed by atoms with Crippen molar-refractivity contribution in [1.82, 2.24) is 9.55 Å². The molecule has 1 aromatic carbocycles. The van der Waals surface area contributed by atoms with Crippen molar-refractivity contribution in [2.75, 3.05) is 7.11 Å². The maximum atomic E-state index is 5.17. The van der Waals surface area contributed by atoms with Gasteiger partial charge in [-0.25, -0.2) is 4.98 Å². The van der Waals surface area contributed by atoms with Crippen molar-refractivity contribution in [1.29, 1.82) is 0 Å². The Morgan fingerprint density at radius 3 is 2.81 bits per heavy atom. The molecule has 0 unspecified atom stereocenters. The molecule has 1 aromatic heterocycles. The van der Waals surface area contributed by atoms with E-state index in [-0.39, 0.29) is 12.4 Å². The number of halogens is 2. The number of ether oxygens (including phenoxy) is 1. The van der Waals surface area contributed by atoms with Gasteiger partial charge < -0.3 is 21.7 Å². The molecule has 0 saturated carbocycles. The average Bonchev–Trinajstić information content (AvgIpc) is 2.71. The van der Waals surface area contributed by atoms with Crippen LogP contribution in [0, 0.1) is 0 Å². The highest BCUT2D eigenvalue weighted by Crippen LogP contribution is 2.25. The summed E-state index contributed by atoms with van der Waals surface area (Å²) in [5.74, 6) is 0.851. The molecule has 0 atom stereocenters. The number of aromatic nitrogens is 2. The van der Waals surface area contributed by atoms with Crippen molar-refractivity contribution in [2.45, 2.75) is 6.54 Å². The van der Waals surface area contributed by atoms with Crippen LogP contribution in [0.2, 0.25) is 0 Å². The molecule has 0 bridgehead atoms.